The molecule has 5 heteroatoms. The Morgan fingerprint density at radius 2 is 2.05 bits per heavy atom. The lowest BCUT2D eigenvalue weighted by Crippen LogP contribution is -2.05. The topological polar surface area (TPSA) is 55.1 Å². The van der Waals surface area contributed by atoms with Crippen LogP contribution in [0.2, 0.25) is 0 Å². The van der Waals surface area contributed by atoms with Crippen molar-refractivity contribution in [2.24, 2.45) is 0 Å². The Balaban J connectivity index is 2.23. The average molecular weight is 337 g/mol. The predicted octanol–water partition coefficient (Wildman–Crippen LogP) is 3.33. The largest absolute Gasteiger partial charge is 0.481 e. The molecule has 2 aromatic rings. The molecule has 0 saturated carbocycles. The smallest absolute Gasteiger partial charge is 0.303 e. The number of aryl methyl sites for hydroxylation is 1. The van der Waals surface area contributed by atoms with E-state index in [2.05, 4.69) is 27.1 Å². The van der Waals surface area contributed by atoms with Gasteiger partial charge in [0.1, 0.15) is 0 Å². The molecule has 0 radical (unpaired) electrons. The Labute approximate surface area is 126 Å². The highest BCUT2D eigenvalue weighted by atomic mass is 79.9. The number of hydrogen-bond acceptors (Lipinski definition) is 2. The molecule has 0 saturated heterocycles. The maximum absolute atomic E-state index is 10.7. The molecule has 0 unspecified atom stereocenters. The van der Waals surface area contributed by atoms with E-state index in [9.17, 15) is 4.79 Å². The summed E-state index contributed by atoms with van der Waals surface area (Å²) in [5.41, 5.74) is 4.15. The van der Waals surface area contributed by atoms with E-state index in [0.717, 1.165) is 27.0 Å². The zero-order valence-corrected chi connectivity index (χ0v) is 13.1. The van der Waals surface area contributed by atoms with Gasteiger partial charge in [-0.25, -0.2) is 0 Å². The molecule has 2 rings (SSSR count). The van der Waals surface area contributed by atoms with Crippen LogP contribution in [0.3, 0.4) is 0 Å². The number of carboxylic acid groups (broad SMARTS) is 1. The molecule has 0 amide bonds. The van der Waals surface area contributed by atoms with Crippen LogP contribution in [0, 0.1) is 13.8 Å². The molecule has 0 spiro atoms. The molecular weight excluding hydrogens is 320 g/mol. The fourth-order valence-electron chi connectivity index (χ4n) is 2.27. The SMILES string of the molecule is Cc1nn(Cc2ccccc2Br)c(C)c1CCC(=O)O. The van der Waals surface area contributed by atoms with Crippen molar-refractivity contribution in [2.75, 3.05) is 0 Å². The van der Waals surface area contributed by atoms with E-state index in [0.29, 0.717) is 13.0 Å². The third-order valence-electron chi connectivity index (χ3n) is 3.40. The van der Waals surface area contributed by atoms with E-state index >= 15 is 0 Å². The maximum atomic E-state index is 10.7. The van der Waals surface area contributed by atoms with Crippen LogP contribution in [0.25, 0.3) is 0 Å². The van der Waals surface area contributed by atoms with E-state index < -0.39 is 5.97 Å². The van der Waals surface area contributed by atoms with E-state index in [1.807, 2.05) is 36.7 Å². The van der Waals surface area contributed by atoms with Crippen LogP contribution in [-0.4, -0.2) is 20.9 Å². The standard InChI is InChI=1S/C15H17BrN2O2/c1-10-13(7-8-15(19)20)11(2)18(17-10)9-12-5-3-4-6-14(12)16/h3-6H,7-9H2,1-2H3,(H,19,20). The molecule has 1 N–H and O–H groups in total. The molecule has 0 aliphatic carbocycles. The highest BCUT2D eigenvalue weighted by Crippen LogP contribution is 2.20. The van der Waals surface area contributed by atoms with Gasteiger partial charge in [-0.2, -0.15) is 5.10 Å². The molecule has 106 valence electrons. The number of aromatic nitrogens is 2. The van der Waals surface area contributed by atoms with E-state index in [1.165, 1.54) is 0 Å². The van der Waals surface area contributed by atoms with E-state index in [-0.39, 0.29) is 6.42 Å². The summed E-state index contributed by atoms with van der Waals surface area (Å²) in [6.07, 6.45) is 0.672. The predicted molar refractivity (Wildman–Crippen MR) is 80.9 cm³/mol. The fraction of sp³-hybridized carbons (Fsp3) is 0.333. The summed E-state index contributed by atoms with van der Waals surface area (Å²) >= 11 is 3.53. The molecule has 1 aromatic carbocycles. The van der Waals surface area contributed by atoms with Crippen molar-refractivity contribution < 1.29 is 9.90 Å². The van der Waals surface area contributed by atoms with Crippen molar-refractivity contribution in [2.45, 2.75) is 33.2 Å². The highest BCUT2D eigenvalue weighted by Gasteiger charge is 2.13. The molecule has 1 heterocycles. The second-order valence-electron chi connectivity index (χ2n) is 4.79. The minimum atomic E-state index is -0.776. The Morgan fingerprint density at radius 1 is 1.35 bits per heavy atom. The van der Waals surface area contributed by atoms with Crippen molar-refractivity contribution in [1.29, 1.82) is 0 Å². The van der Waals surface area contributed by atoms with Gasteiger partial charge < -0.3 is 5.11 Å². The Kier molecular flexibility index (Phi) is 4.60. The molecule has 0 atom stereocenters. The van der Waals surface area contributed by atoms with Gasteiger partial charge in [-0.05, 0) is 37.5 Å². The second kappa shape index (κ2) is 6.22. The molecule has 20 heavy (non-hydrogen) atoms. The molecule has 4 nitrogen and oxygen atoms in total. The zero-order valence-electron chi connectivity index (χ0n) is 11.6. The van der Waals surface area contributed by atoms with Gasteiger partial charge >= 0.3 is 5.97 Å². The molecule has 0 aliphatic heterocycles. The van der Waals surface area contributed by atoms with Gasteiger partial charge in [-0.1, -0.05) is 34.1 Å². The lowest BCUT2D eigenvalue weighted by molar-refractivity contribution is -0.136. The molecule has 1 aromatic heterocycles. The lowest BCUT2D eigenvalue weighted by Gasteiger charge is -2.07. The third-order valence-corrected chi connectivity index (χ3v) is 4.17. The Morgan fingerprint density at radius 3 is 2.70 bits per heavy atom. The van der Waals surface area contributed by atoms with Gasteiger partial charge in [0.25, 0.3) is 0 Å². The van der Waals surface area contributed by atoms with Gasteiger partial charge in [-0.15, -0.1) is 0 Å². The number of rotatable bonds is 5. The monoisotopic (exact) mass is 336 g/mol. The van der Waals surface area contributed by atoms with E-state index in [4.69, 9.17) is 5.11 Å². The van der Waals surface area contributed by atoms with Crippen molar-refractivity contribution in [3.8, 4) is 0 Å². The minimum Gasteiger partial charge on any atom is -0.481 e. The maximum Gasteiger partial charge on any atom is 0.303 e. The van der Waals surface area contributed by atoms with Crippen LogP contribution in [0.1, 0.15) is 28.9 Å². The summed E-state index contributed by atoms with van der Waals surface area (Å²) in [6, 6.07) is 8.04. The van der Waals surface area contributed by atoms with Crippen LogP contribution in [0.4, 0.5) is 0 Å². The lowest BCUT2D eigenvalue weighted by atomic mass is 10.1. The summed E-state index contributed by atoms with van der Waals surface area (Å²) in [5.74, 6) is -0.776. The van der Waals surface area contributed by atoms with Crippen LogP contribution in [0.5, 0.6) is 0 Å². The Hall–Kier alpha value is -1.62. The summed E-state index contributed by atoms with van der Waals surface area (Å²) in [5, 5.41) is 13.3. The van der Waals surface area contributed by atoms with Gasteiger partial charge in [-0.3, -0.25) is 9.48 Å². The first-order chi connectivity index (χ1) is 9.49. The first kappa shape index (κ1) is 14.8. The van der Waals surface area contributed by atoms with Gasteiger partial charge in [0.2, 0.25) is 0 Å². The minimum absolute atomic E-state index is 0.141. The van der Waals surface area contributed by atoms with E-state index in [1.54, 1.807) is 0 Å². The molecular formula is C15H17BrN2O2. The zero-order chi connectivity index (χ0) is 14.7. The molecule has 0 fully saturated rings. The van der Waals surface area contributed by atoms with Crippen LogP contribution >= 0.6 is 15.9 Å². The first-order valence-corrected chi connectivity index (χ1v) is 7.26. The summed E-state index contributed by atoms with van der Waals surface area (Å²) in [7, 11) is 0. The number of carboxylic acids is 1. The number of halogens is 1. The van der Waals surface area contributed by atoms with Gasteiger partial charge in [0.05, 0.1) is 12.2 Å². The summed E-state index contributed by atoms with van der Waals surface area (Å²) in [4.78, 5) is 10.7. The number of nitrogens with zero attached hydrogens (tertiary/aromatic N) is 2. The molecule has 0 aliphatic rings. The molecule has 0 bridgehead atoms. The van der Waals surface area contributed by atoms with Crippen LogP contribution in [0.15, 0.2) is 28.7 Å². The normalized spacial score (nSPS) is 10.8. The number of carbonyl (C=O) groups is 1. The van der Waals surface area contributed by atoms with Gasteiger partial charge in [0.15, 0.2) is 0 Å². The Bertz CT molecular complexity index is 635. The second-order valence-corrected chi connectivity index (χ2v) is 5.65. The van der Waals surface area contributed by atoms with Crippen LogP contribution in [-0.2, 0) is 17.8 Å². The number of benzene rings is 1. The fourth-order valence-corrected chi connectivity index (χ4v) is 2.68. The first-order valence-electron chi connectivity index (χ1n) is 6.47. The van der Waals surface area contributed by atoms with Gasteiger partial charge in [0, 0.05) is 16.6 Å². The summed E-state index contributed by atoms with van der Waals surface area (Å²) < 4.78 is 2.99. The van der Waals surface area contributed by atoms with Crippen molar-refractivity contribution >= 4 is 21.9 Å². The van der Waals surface area contributed by atoms with Crippen LogP contribution < -0.4 is 0 Å². The number of aliphatic carboxylic acids is 1. The quantitative estimate of drug-likeness (QED) is 0.911. The van der Waals surface area contributed by atoms with Crippen molar-refractivity contribution in [3.05, 3.63) is 51.3 Å². The summed E-state index contributed by atoms with van der Waals surface area (Å²) in [6.45, 7) is 4.61. The highest BCUT2D eigenvalue weighted by molar-refractivity contribution is 9.10. The van der Waals surface area contributed by atoms with Crippen molar-refractivity contribution in [3.63, 3.8) is 0 Å². The number of hydrogen-bond donors (Lipinski definition) is 1. The average Bonchev–Trinajstić information content (AvgIpc) is 2.65. The third kappa shape index (κ3) is 3.28. The van der Waals surface area contributed by atoms with Crippen molar-refractivity contribution in [1.82, 2.24) is 9.78 Å².